The molecule has 0 atom stereocenters. The van der Waals surface area contributed by atoms with E-state index in [-0.39, 0.29) is 17.3 Å². The Morgan fingerprint density at radius 1 is 0.970 bits per heavy atom. The fraction of sp³-hybridized carbons (Fsp3) is 0.231. The molecule has 0 saturated carbocycles. The van der Waals surface area contributed by atoms with E-state index in [9.17, 15) is 10.1 Å². The summed E-state index contributed by atoms with van der Waals surface area (Å²) in [6, 6.07) is 21.9. The lowest BCUT2D eigenvalue weighted by atomic mass is 10.1. The number of hydrogen-bond donors (Lipinski definition) is 1. The largest absolute Gasteiger partial charge is 0.354 e. The van der Waals surface area contributed by atoms with Gasteiger partial charge < -0.3 is 10.2 Å². The number of hydrogen-bond acceptors (Lipinski definition) is 6. The lowest BCUT2D eigenvalue weighted by molar-refractivity contribution is -0.383. The van der Waals surface area contributed by atoms with Gasteiger partial charge >= 0.3 is 5.69 Å². The summed E-state index contributed by atoms with van der Waals surface area (Å²) in [6.07, 6.45) is 4.66. The summed E-state index contributed by atoms with van der Waals surface area (Å²) in [5, 5.41) is 17.4. The van der Waals surface area contributed by atoms with Crippen LogP contribution in [-0.2, 0) is 6.42 Å². The van der Waals surface area contributed by atoms with Crippen molar-refractivity contribution in [3.63, 3.8) is 0 Å². The number of nitrogens with one attached hydrogen (secondary N) is 1. The molecule has 1 aromatic heterocycles. The summed E-state index contributed by atoms with van der Waals surface area (Å²) < 4.78 is 0. The Bertz CT molecular complexity index is 1250. The van der Waals surface area contributed by atoms with Gasteiger partial charge in [0.05, 0.1) is 10.6 Å². The van der Waals surface area contributed by atoms with E-state index in [4.69, 9.17) is 0 Å². The molecule has 0 aliphatic rings. The second-order valence-electron chi connectivity index (χ2n) is 7.82. The first-order valence-corrected chi connectivity index (χ1v) is 11.2. The monoisotopic (exact) mass is 441 g/mol. The standard InChI is InChI=1S/C26H27N5O2/c1-3-5-9-19-14-16-21(17-15-19)29-25-24(31(32)33)26(28-18-27-25)30(4-2)23-13-8-11-20-10-6-7-12-22(20)23/h6-8,10-18H,3-5,9H2,1-2H3,(H,27,28,29). The molecule has 4 rings (SSSR count). The molecule has 0 amide bonds. The zero-order valence-corrected chi connectivity index (χ0v) is 18.9. The SMILES string of the molecule is CCCCc1ccc(Nc2ncnc(N(CC)c3cccc4ccccc34)c2[N+](=O)[O-])cc1. The van der Waals surface area contributed by atoms with E-state index in [2.05, 4.69) is 22.2 Å². The number of unbranched alkanes of at least 4 members (excludes halogenated alkanes) is 1. The van der Waals surface area contributed by atoms with Crippen molar-refractivity contribution in [2.45, 2.75) is 33.1 Å². The normalized spacial score (nSPS) is 10.8. The summed E-state index contributed by atoms with van der Waals surface area (Å²) in [6.45, 7) is 4.63. The highest BCUT2D eigenvalue weighted by Crippen LogP contribution is 2.39. The van der Waals surface area contributed by atoms with Gasteiger partial charge in [0.2, 0.25) is 11.6 Å². The van der Waals surface area contributed by atoms with E-state index >= 15 is 0 Å². The van der Waals surface area contributed by atoms with E-state index in [1.807, 2.05) is 78.6 Å². The molecule has 0 unspecified atom stereocenters. The molecular formula is C26H27N5O2. The quantitative estimate of drug-likeness (QED) is 0.228. The van der Waals surface area contributed by atoms with Crippen LogP contribution in [-0.4, -0.2) is 21.4 Å². The van der Waals surface area contributed by atoms with Crippen molar-refractivity contribution in [2.24, 2.45) is 0 Å². The Morgan fingerprint density at radius 3 is 2.45 bits per heavy atom. The van der Waals surface area contributed by atoms with Crippen molar-refractivity contribution in [3.05, 3.63) is 88.7 Å². The van der Waals surface area contributed by atoms with Crippen molar-refractivity contribution in [3.8, 4) is 0 Å². The predicted octanol–water partition coefficient (Wildman–Crippen LogP) is 6.78. The number of nitro groups is 1. The number of aryl methyl sites for hydroxylation is 1. The first-order chi connectivity index (χ1) is 16.1. The highest BCUT2D eigenvalue weighted by atomic mass is 16.6. The Kier molecular flexibility index (Phi) is 6.78. The highest BCUT2D eigenvalue weighted by Gasteiger charge is 2.28. The number of benzene rings is 3. The Hall–Kier alpha value is -4.00. The minimum atomic E-state index is -0.416. The van der Waals surface area contributed by atoms with Gasteiger partial charge in [0, 0.05) is 17.6 Å². The Morgan fingerprint density at radius 2 is 1.73 bits per heavy atom. The van der Waals surface area contributed by atoms with Crippen molar-refractivity contribution in [1.29, 1.82) is 0 Å². The van der Waals surface area contributed by atoms with Gasteiger partial charge in [-0.25, -0.2) is 9.97 Å². The maximum absolute atomic E-state index is 12.2. The number of rotatable bonds is 9. The van der Waals surface area contributed by atoms with Gasteiger partial charge in [0.15, 0.2) is 0 Å². The Labute approximate surface area is 193 Å². The minimum Gasteiger partial charge on any atom is -0.334 e. The van der Waals surface area contributed by atoms with Crippen molar-refractivity contribution in [1.82, 2.24) is 9.97 Å². The van der Waals surface area contributed by atoms with Crippen LogP contribution in [0.1, 0.15) is 32.3 Å². The van der Waals surface area contributed by atoms with Crippen LogP contribution in [0.2, 0.25) is 0 Å². The summed E-state index contributed by atoms with van der Waals surface area (Å²) in [7, 11) is 0. The van der Waals surface area contributed by atoms with Crippen LogP contribution >= 0.6 is 0 Å². The summed E-state index contributed by atoms with van der Waals surface area (Å²) in [5.74, 6) is 0.431. The van der Waals surface area contributed by atoms with Crippen LogP contribution in [0, 0.1) is 10.1 Å². The second kappa shape index (κ2) is 10.1. The molecule has 1 N–H and O–H groups in total. The molecule has 0 bridgehead atoms. The van der Waals surface area contributed by atoms with Gasteiger partial charge in [0.1, 0.15) is 6.33 Å². The third-order valence-electron chi connectivity index (χ3n) is 5.65. The predicted molar refractivity (Wildman–Crippen MR) is 134 cm³/mol. The zero-order valence-electron chi connectivity index (χ0n) is 18.9. The summed E-state index contributed by atoms with van der Waals surface area (Å²) >= 11 is 0. The summed E-state index contributed by atoms with van der Waals surface area (Å²) in [4.78, 5) is 22.2. The van der Waals surface area contributed by atoms with Gasteiger partial charge in [0.25, 0.3) is 0 Å². The third-order valence-corrected chi connectivity index (χ3v) is 5.65. The van der Waals surface area contributed by atoms with E-state index in [1.165, 1.54) is 11.9 Å². The van der Waals surface area contributed by atoms with Crippen LogP contribution in [0.4, 0.5) is 28.7 Å². The molecule has 7 nitrogen and oxygen atoms in total. The van der Waals surface area contributed by atoms with Crippen molar-refractivity contribution in [2.75, 3.05) is 16.8 Å². The molecular weight excluding hydrogens is 414 g/mol. The molecule has 0 saturated heterocycles. The maximum Gasteiger partial charge on any atom is 0.354 e. The van der Waals surface area contributed by atoms with E-state index in [1.54, 1.807) is 0 Å². The molecule has 1 heterocycles. The van der Waals surface area contributed by atoms with Gasteiger partial charge in [-0.15, -0.1) is 0 Å². The molecule has 0 radical (unpaired) electrons. The topological polar surface area (TPSA) is 84.2 Å². The number of fused-ring (bicyclic) bond motifs is 1. The molecule has 168 valence electrons. The fourth-order valence-corrected chi connectivity index (χ4v) is 3.98. The molecule has 0 aliphatic carbocycles. The van der Waals surface area contributed by atoms with Crippen LogP contribution in [0.25, 0.3) is 10.8 Å². The van der Waals surface area contributed by atoms with Crippen LogP contribution in [0.15, 0.2) is 73.1 Å². The molecule has 4 aromatic rings. The highest BCUT2D eigenvalue weighted by molar-refractivity contribution is 5.97. The molecule has 33 heavy (non-hydrogen) atoms. The van der Waals surface area contributed by atoms with Crippen LogP contribution in [0.3, 0.4) is 0 Å². The molecule has 3 aromatic carbocycles. The average molecular weight is 442 g/mol. The van der Waals surface area contributed by atoms with E-state index < -0.39 is 4.92 Å². The number of anilines is 4. The fourth-order valence-electron chi connectivity index (χ4n) is 3.98. The van der Waals surface area contributed by atoms with E-state index in [0.29, 0.717) is 6.54 Å². The molecule has 0 aliphatic heterocycles. The van der Waals surface area contributed by atoms with Crippen molar-refractivity contribution >= 4 is 39.5 Å². The minimum absolute atomic E-state index is 0.151. The zero-order chi connectivity index (χ0) is 23.2. The first kappa shape index (κ1) is 22.2. The average Bonchev–Trinajstić information content (AvgIpc) is 2.84. The van der Waals surface area contributed by atoms with Crippen LogP contribution < -0.4 is 10.2 Å². The maximum atomic E-state index is 12.2. The second-order valence-corrected chi connectivity index (χ2v) is 7.82. The molecule has 7 heteroatoms. The lowest BCUT2D eigenvalue weighted by Gasteiger charge is -2.24. The van der Waals surface area contributed by atoms with Gasteiger partial charge in [-0.05, 0) is 48.9 Å². The van der Waals surface area contributed by atoms with E-state index in [0.717, 1.165) is 41.4 Å². The Balaban J connectivity index is 1.73. The van der Waals surface area contributed by atoms with Gasteiger partial charge in [-0.3, -0.25) is 10.1 Å². The first-order valence-electron chi connectivity index (χ1n) is 11.2. The molecule has 0 fully saturated rings. The lowest BCUT2D eigenvalue weighted by Crippen LogP contribution is -2.20. The van der Waals surface area contributed by atoms with Crippen molar-refractivity contribution < 1.29 is 4.92 Å². The van der Waals surface area contributed by atoms with Crippen LogP contribution in [0.5, 0.6) is 0 Å². The number of aromatic nitrogens is 2. The summed E-state index contributed by atoms with van der Waals surface area (Å²) in [5.41, 5.74) is 2.70. The third kappa shape index (κ3) is 4.77. The van der Waals surface area contributed by atoms with Gasteiger partial charge in [-0.2, -0.15) is 0 Å². The number of nitrogens with zero attached hydrogens (tertiary/aromatic N) is 4. The van der Waals surface area contributed by atoms with Gasteiger partial charge in [-0.1, -0.05) is 61.9 Å². The molecule has 0 spiro atoms. The smallest absolute Gasteiger partial charge is 0.334 e.